The molecule has 9 nitrogen and oxygen atoms in total. The van der Waals surface area contributed by atoms with Gasteiger partial charge >= 0.3 is 0 Å². The van der Waals surface area contributed by atoms with Crippen molar-refractivity contribution in [3.63, 3.8) is 0 Å². The number of aromatic amines is 1. The summed E-state index contributed by atoms with van der Waals surface area (Å²) in [5.74, 6) is -1.13. The number of nitrogens with two attached hydrogens (primary N) is 1. The van der Waals surface area contributed by atoms with Crippen LogP contribution in [0.1, 0.15) is 55.5 Å². The summed E-state index contributed by atoms with van der Waals surface area (Å²) in [5.41, 5.74) is 9.41. The number of halogens is 2. The van der Waals surface area contributed by atoms with Gasteiger partial charge in [-0.3, -0.25) is 19.5 Å². The summed E-state index contributed by atoms with van der Waals surface area (Å²) in [6.07, 6.45) is 4.79. The number of benzene rings is 3. The summed E-state index contributed by atoms with van der Waals surface area (Å²) in [6, 6.07) is 14.6. The second kappa shape index (κ2) is 14.2. The first-order chi connectivity index (χ1) is 21.6. The molecule has 0 spiro atoms. The molecule has 1 saturated carbocycles. The third kappa shape index (κ3) is 7.87. The number of carbonyl (C=O) groups is 3. The van der Waals surface area contributed by atoms with Gasteiger partial charge in [0.25, 0.3) is 5.91 Å². The Morgan fingerprint density at radius 3 is 2.42 bits per heavy atom. The summed E-state index contributed by atoms with van der Waals surface area (Å²) in [4.78, 5) is 39.3. The lowest BCUT2D eigenvalue weighted by Gasteiger charge is -2.28. The molecule has 0 radical (unpaired) electrons. The highest BCUT2D eigenvalue weighted by atomic mass is 35.5. The summed E-state index contributed by atoms with van der Waals surface area (Å²) in [6.45, 7) is 4.39. The van der Waals surface area contributed by atoms with Gasteiger partial charge in [0.1, 0.15) is 11.9 Å². The van der Waals surface area contributed by atoms with Gasteiger partial charge in [0.15, 0.2) is 0 Å². The average molecular weight is 633 g/mol. The molecule has 3 amide bonds. The van der Waals surface area contributed by atoms with Gasteiger partial charge in [0.2, 0.25) is 11.8 Å². The number of anilines is 1. The molecule has 1 unspecified atom stereocenters. The number of H-pyrrole nitrogens is 1. The highest BCUT2D eigenvalue weighted by molar-refractivity contribution is 6.33. The highest BCUT2D eigenvalue weighted by Crippen LogP contribution is 2.30. The third-order valence-corrected chi connectivity index (χ3v) is 8.63. The van der Waals surface area contributed by atoms with Crippen LogP contribution in [0.4, 0.5) is 10.1 Å². The highest BCUT2D eigenvalue weighted by Gasteiger charge is 2.29. The van der Waals surface area contributed by atoms with Crippen molar-refractivity contribution in [2.75, 3.05) is 11.9 Å². The number of rotatable bonds is 10. The van der Waals surface area contributed by atoms with E-state index in [4.69, 9.17) is 17.3 Å². The fraction of sp³-hybridized carbons (Fsp3) is 0.353. The van der Waals surface area contributed by atoms with Crippen molar-refractivity contribution in [2.45, 2.75) is 58.0 Å². The molecule has 45 heavy (non-hydrogen) atoms. The molecule has 1 atom stereocenters. The Morgan fingerprint density at radius 1 is 1.02 bits per heavy atom. The molecule has 5 rings (SSSR count). The SMILES string of the molecule is CC(C)NC(=O)c1ccc(-c2ccc(CC(NC(=O)C3CCC(CN)CC3)C(=O)Nc3cc(F)c4cn[nH]c4c3)cc2)c(Cl)c1. The Hall–Kier alpha value is -4.28. The van der Waals surface area contributed by atoms with E-state index >= 15 is 0 Å². The van der Waals surface area contributed by atoms with Gasteiger partial charge < -0.3 is 21.7 Å². The fourth-order valence-electron chi connectivity index (χ4n) is 5.76. The number of fused-ring (bicyclic) bond motifs is 1. The smallest absolute Gasteiger partial charge is 0.251 e. The van der Waals surface area contributed by atoms with E-state index in [1.165, 1.54) is 12.3 Å². The van der Waals surface area contributed by atoms with Crippen LogP contribution in [0, 0.1) is 17.7 Å². The molecule has 3 aromatic carbocycles. The molecule has 236 valence electrons. The molecule has 1 aliphatic rings. The Labute approximate surface area is 266 Å². The first-order valence-electron chi connectivity index (χ1n) is 15.2. The third-order valence-electron chi connectivity index (χ3n) is 8.32. The topological polar surface area (TPSA) is 142 Å². The number of aromatic nitrogens is 2. The molecule has 0 bridgehead atoms. The summed E-state index contributed by atoms with van der Waals surface area (Å²) in [5, 5.41) is 15.9. The van der Waals surface area contributed by atoms with E-state index in [-0.39, 0.29) is 35.9 Å². The molecule has 0 aliphatic heterocycles. The molecule has 1 aliphatic carbocycles. The predicted octanol–water partition coefficient (Wildman–Crippen LogP) is 5.59. The number of nitrogens with one attached hydrogen (secondary N) is 4. The largest absolute Gasteiger partial charge is 0.350 e. The predicted molar refractivity (Wildman–Crippen MR) is 174 cm³/mol. The lowest BCUT2D eigenvalue weighted by molar-refractivity contribution is -0.130. The normalized spacial score (nSPS) is 17.2. The molecule has 1 fully saturated rings. The molecular weight excluding hydrogens is 595 g/mol. The van der Waals surface area contributed by atoms with Gasteiger partial charge in [0, 0.05) is 40.2 Å². The van der Waals surface area contributed by atoms with E-state index in [0.717, 1.165) is 42.4 Å². The summed E-state index contributed by atoms with van der Waals surface area (Å²) < 4.78 is 14.6. The molecular formula is C34H38ClFN6O3. The fourth-order valence-corrected chi connectivity index (χ4v) is 6.05. The first-order valence-corrected chi connectivity index (χ1v) is 15.6. The minimum absolute atomic E-state index is 0.00606. The number of nitrogens with zero attached hydrogens (tertiary/aromatic N) is 1. The van der Waals surface area contributed by atoms with Crippen molar-refractivity contribution in [3.05, 3.63) is 82.8 Å². The molecule has 1 heterocycles. The van der Waals surface area contributed by atoms with Crippen LogP contribution in [0.3, 0.4) is 0 Å². The van der Waals surface area contributed by atoms with E-state index in [0.29, 0.717) is 34.0 Å². The van der Waals surface area contributed by atoms with Crippen LogP contribution in [0.15, 0.2) is 60.8 Å². The van der Waals surface area contributed by atoms with Crippen LogP contribution in [-0.2, 0) is 16.0 Å². The standard InChI is InChI=1S/C34H38ClFN6O3/c1-19(2)39-33(44)24-11-12-26(28(35)14-24)22-7-3-20(4-8-22)13-31(41-32(43)23-9-5-21(17-37)6-10-23)34(45)40-25-15-29(36)27-18-38-42-30(27)16-25/h3-4,7-8,11-12,14-16,18-19,21,23,31H,5-6,9-10,13,17,37H2,1-2H3,(H,38,42)(H,39,44)(H,40,45)(H,41,43). The zero-order valence-electron chi connectivity index (χ0n) is 25.3. The number of amides is 3. The van der Waals surface area contributed by atoms with Crippen LogP contribution in [0.5, 0.6) is 0 Å². The monoisotopic (exact) mass is 632 g/mol. The van der Waals surface area contributed by atoms with Gasteiger partial charge in [-0.15, -0.1) is 0 Å². The maximum absolute atomic E-state index is 14.6. The van der Waals surface area contributed by atoms with Crippen LogP contribution in [0.2, 0.25) is 5.02 Å². The van der Waals surface area contributed by atoms with Gasteiger partial charge in [0.05, 0.1) is 17.1 Å². The summed E-state index contributed by atoms with van der Waals surface area (Å²) in [7, 11) is 0. The van der Waals surface area contributed by atoms with Crippen LogP contribution < -0.4 is 21.7 Å². The summed E-state index contributed by atoms with van der Waals surface area (Å²) >= 11 is 6.56. The van der Waals surface area contributed by atoms with Gasteiger partial charge in [-0.1, -0.05) is 41.9 Å². The maximum Gasteiger partial charge on any atom is 0.251 e. The lowest BCUT2D eigenvalue weighted by atomic mass is 9.81. The Bertz CT molecular complexity index is 1680. The van der Waals surface area contributed by atoms with Crippen LogP contribution in [-0.4, -0.2) is 46.5 Å². The van der Waals surface area contributed by atoms with Gasteiger partial charge in [-0.2, -0.15) is 5.10 Å². The van der Waals surface area contributed by atoms with Crippen LogP contribution in [0.25, 0.3) is 22.0 Å². The molecule has 4 aromatic rings. The van der Waals surface area contributed by atoms with E-state index in [1.807, 2.05) is 38.1 Å². The van der Waals surface area contributed by atoms with Gasteiger partial charge in [-0.25, -0.2) is 4.39 Å². The molecule has 0 saturated heterocycles. The van der Waals surface area contributed by atoms with Crippen molar-refractivity contribution < 1.29 is 18.8 Å². The van der Waals surface area contributed by atoms with Crippen molar-refractivity contribution in [1.29, 1.82) is 0 Å². The van der Waals surface area contributed by atoms with Crippen molar-refractivity contribution >= 4 is 45.9 Å². The molecule has 1 aromatic heterocycles. The number of hydrogen-bond donors (Lipinski definition) is 5. The van der Waals surface area contributed by atoms with Crippen molar-refractivity contribution in [2.24, 2.45) is 17.6 Å². The second-order valence-corrected chi connectivity index (χ2v) is 12.4. The zero-order valence-corrected chi connectivity index (χ0v) is 26.1. The van der Waals surface area contributed by atoms with E-state index in [9.17, 15) is 18.8 Å². The van der Waals surface area contributed by atoms with Crippen LogP contribution >= 0.6 is 11.6 Å². The first kappa shape index (κ1) is 32.1. The molecule has 11 heteroatoms. The second-order valence-electron chi connectivity index (χ2n) is 12.0. The zero-order chi connectivity index (χ0) is 32.1. The Balaban J connectivity index is 1.33. The van der Waals surface area contributed by atoms with E-state index < -0.39 is 17.8 Å². The van der Waals surface area contributed by atoms with Crippen molar-refractivity contribution in [3.8, 4) is 11.1 Å². The lowest BCUT2D eigenvalue weighted by Crippen LogP contribution is -2.48. The molecule has 6 N–H and O–H groups in total. The van der Waals surface area contributed by atoms with Crippen molar-refractivity contribution in [1.82, 2.24) is 20.8 Å². The minimum Gasteiger partial charge on any atom is -0.350 e. The van der Waals surface area contributed by atoms with E-state index in [1.54, 1.807) is 24.3 Å². The van der Waals surface area contributed by atoms with E-state index in [2.05, 4.69) is 26.1 Å². The minimum atomic E-state index is -0.904. The number of carbonyl (C=O) groups excluding carboxylic acids is 3. The Kier molecular flexibility index (Phi) is 10.1. The quantitative estimate of drug-likeness (QED) is 0.155. The average Bonchev–Trinajstić information content (AvgIpc) is 3.50. The number of hydrogen-bond acceptors (Lipinski definition) is 5. The maximum atomic E-state index is 14.6. The Morgan fingerprint density at radius 2 is 1.76 bits per heavy atom. The van der Waals surface area contributed by atoms with Gasteiger partial charge in [-0.05, 0) is 87.4 Å².